The van der Waals surface area contributed by atoms with Crippen molar-refractivity contribution in [3.63, 3.8) is 0 Å². The Hall–Kier alpha value is -0.960. The van der Waals surface area contributed by atoms with Gasteiger partial charge in [0.25, 0.3) is 0 Å². The highest BCUT2D eigenvalue weighted by Gasteiger charge is 2.43. The van der Waals surface area contributed by atoms with Gasteiger partial charge in [-0.25, -0.2) is 8.78 Å². The second-order valence-corrected chi connectivity index (χ2v) is 7.18. The summed E-state index contributed by atoms with van der Waals surface area (Å²) in [6.07, 6.45) is 3.16. The van der Waals surface area contributed by atoms with E-state index >= 15 is 0 Å². The molecule has 20 heavy (non-hydrogen) atoms. The summed E-state index contributed by atoms with van der Waals surface area (Å²) in [5, 5.41) is 3.51. The second-order valence-electron chi connectivity index (χ2n) is 7.18. The molecule has 0 spiro atoms. The molecular formula is C17H25F2N. The molecule has 1 N–H and O–H groups in total. The van der Waals surface area contributed by atoms with E-state index in [9.17, 15) is 8.78 Å². The van der Waals surface area contributed by atoms with Crippen LogP contribution in [0.4, 0.5) is 8.78 Å². The standard InChI is InChI=1S/C17H25F2N/c1-12-6-5-9-17(12,11-20-16(2,3)4)14-8-7-13(18)10-15(14)19/h7-8,10,12,20H,5-6,9,11H2,1-4H3. The Balaban J connectivity index is 2.37. The van der Waals surface area contributed by atoms with E-state index in [0.29, 0.717) is 11.5 Å². The van der Waals surface area contributed by atoms with E-state index in [1.54, 1.807) is 6.07 Å². The van der Waals surface area contributed by atoms with Gasteiger partial charge in [-0.3, -0.25) is 0 Å². The zero-order chi connectivity index (χ0) is 15.0. The van der Waals surface area contributed by atoms with Crippen LogP contribution in [0.3, 0.4) is 0 Å². The van der Waals surface area contributed by atoms with E-state index in [2.05, 4.69) is 33.0 Å². The van der Waals surface area contributed by atoms with Crippen LogP contribution in [0.1, 0.15) is 52.5 Å². The Bertz CT molecular complexity index is 478. The first kappa shape index (κ1) is 15.4. The van der Waals surface area contributed by atoms with Crippen molar-refractivity contribution in [3.8, 4) is 0 Å². The maximum atomic E-state index is 14.3. The molecule has 0 amide bonds. The van der Waals surface area contributed by atoms with Gasteiger partial charge in [-0.15, -0.1) is 0 Å². The molecule has 1 aromatic carbocycles. The molecule has 1 nitrogen and oxygen atoms in total. The van der Waals surface area contributed by atoms with Crippen molar-refractivity contribution in [2.24, 2.45) is 5.92 Å². The first-order valence-electron chi connectivity index (χ1n) is 7.45. The van der Waals surface area contributed by atoms with Crippen molar-refractivity contribution in [2.75, 3.05) is 6.54 Å². The molecule has 0 bridgehead atoms. The van der Waals surface area contributed by atoms with Crippen LogP contribution in [0.25, 0.3) is 0 Å². The number of hydrogen-bond donors (Lipinski definition) is 1. The van der Waals surface area contributed by atoms with E-state index in [1.807, 2.05) is 0 Å². The van der Waals surface area contributed by atoms with Crippen molar-refractivity contribution in [2.45, 2.75) is 57.9 Å². The average molecular weight is 281 g/mol. The maximum absolute atomic E-state index is 14.3. The second kappa shape index (κ2) is 5.44. The molecule has 3 heteroatoms. The fourth-order valence-corrected chi connectivity index (χ4v) is 3.32. The highest BCUT2D eigenvalue weighted by atomic mass is 19.1. The van der Waals surface area contributed by atoms with Gasteiger partial charge in [-0.05, 0) is 51.2 Å². The normalized spacial score (nSPS) is 27.0. The SMILES string of the molecule is CC1CCCC1(CNC(C)(C)C)c1ccc(F)cc1F. The highest BCUT2D eigenvalue weighted by molar-refractivity contribution is 5.30. The summed E-state index contributed by atoms with van der Waals surface area (Å²) in [5.74, 6) is -0.511. The third-order valence-corrected chi connectivity index (χ3v) is 4.61. The van der Waals surface area contributed by atoms with Crippen LogP contribution in [0.5, 0.6) is 0 Å². The molecule has 0 saturated heterocycles. The number of nitrogens with one attached hydrogen (secondary N) is 1. The van der Waals surface area contributed by atoms with Gasteiger partial charge in [0, 0.05) is 23.6 Å². The Morgan fingerprint density at radius 3 is 2.50 bits per heavy atom. The molecule has 2 unspecified atom stereocenters. The van der Waals surface area contributed by atoms with Crippen LogP contribution in [-0.2, 0) is 5.41 Å². The van der Waals surface area contributed by atoms with E-state index in [-0.39, 0.29) is 11.0 Å². The molecule has 0 heterocycles. The van der Waals surface area contributed by atoms with E-state index < -0.39 is 11.6 Å². The molecule has 1 saturated carbocycles. The van der Waals surface area contributed by atoms with Crippen LogP contribution in [0.2, 0.25) is 0 Å². The molecule has 0 aromatic heterocycles. The van der Waals surface area contributed by atoms with Gasteiger partial charge >= 0.3 is 0 Å². The van der Waals surface area contributed by atoms with E-state index in [1.165, 1.54) is 6.07 Å². The quantitative estimate of drug-likeness (QED) is 0.865. The summed E-state index contributed by atoms with van der Waals surface area (Å²) in [6.45, 7) is 9.25. The maximum Gasteiger partial charge on any atom is 0.129 e. The fraction of sp³-hybridized carbons (Fsp3) is 0.647. The van der Waals surface area contributed by atoms with Gasteiger partial charge in [-0.1, -0.05) is 19.4 Å². The largest absolute Gasteiger partial charge is 0.311 e. The number of benzene rings is 1. The van der Waals surface area contributed by atoms with E-state index in [4.69, 9.17) is 0 Å². The summed E-state index contributed by atoms with van der Waals surface area (Å²) in [6, 6.07) is 4.03. The summed E-state index contributed by atoms with van der Waals surface area (Å²) in [7, 11) is 0. The molecule has 2 atom stereocenters. The lowest BCUT2D eigenvalue weighted by atomic mass is 9.72. The van der Waals surface area contributed by atoms with E-state index in [0.717, 1.165) is 31.9 Å². The van der Waals surface area contributed by atoms with Crippen molar-refractivity contribution in [1.82, 2.24) is 5.32 Å². The summed E-state index contributed by atoms with van der Waals surface area (Å²) >= 11 is 0. The molecule has 112 valence electrons. The Morgan fingerprint density at radius 2 is 2.00 bits per heavy atom. The van der Waals surface area contributed by atoms with Gasteiger partial charge in [0.05, 0.1) is 0 Å². The van der Waals surface area contributed by atoms with Crippen LogP contribution in [-0.4, -0.2) is 12.1 Å². The van der Waals surface area contributed by atoms with Crippen LogP contribution in [0, 0.1) is 17.6 Å². The van der Waals surface area contributed by atoms with Gasteiger partial charge in [-0.2, -0.15) is 0 Å². The minimum atomic E-state index is -0.504. The zero-order valence-electron chi connectivity index (χ0n) is 12.9. The summed E-state index contributed by atoms with van der Waals surface area (Å²) < 4.78 is 27.4. The molecule has 1 aliphatic rings. The molecule has 2 rings (SSSR count). The Kier molecular flexibility index (Phi) is 4.19. The molecule has 0 aliphatic heterocycles. The lowest BCUT2D eigenvalue weighted by Crippen LogP contribution is -2.47. The Morgan fingerprint density at radius 1 is 1.30 bits per heavy atom. The predicted molar refractivity (Wildman–Crippen MR) is 78.8 cm³/mol. The van der Waals surface area contributed by atoms with Crippen molar-refractivity contribution < 1.29 is 8.78 Å². The third-order valence-electron chi connectivity index (χ3n) is 4.61. The third kappa shape index (κ3) is 3.03. The Labute approximate surface area is 120 Å². The average Bonchev–Trinajstić information content (AvgIpc) is 2.68. The predicted octanol–water partition coefficient (Wildman–Crippen LogP) is 4.41. The molecule has 1 aromatic rings. The lowest BCUT2D eigenvalue weighted by molar-refractivity contribution is 0.271. The van der Waals surface area contributed by atoms with Crippen LogP contribution >= 0.6 is 0 Å². The van der Waals surface area contributed by atoms with Crippen LogP contribution in [0.15, 0.2) is 18.2 Å². The van der Waals surface area contributed by atoms with Crippen molar-refractivity contribution in [1.29, 1.82) is 0 Å². The number of rotatable bonds is 3. The molecule has 0 radical (unpaired) electrons. The highest BCUT2D eigenvalue weighted by Crippen LogP contribution is 2.46. The van der Waals surface area contributed by atoms with Gasteiger partial charge in [0.2, 0.25) is 0 Å². The minimum absolute atomic E-state index is 0.00812. The fourth-order valence-electron chi connectivity index (χ4n) is 3.32. The molecule has 1 fully saturated rings. The van der Waals surface area contributed by atoms with Crippen molar-refractivity contribution >= 4 is 0 Å². The van der Waals surface area contributed by atoms with Crippen LogP contribution < -0.4 is 5.32 Å². The first-order valence-corrected chi connectivity index (χ1v) is 7.45. The summed E-state index contributed by atoms with van der Waals surface area (Å²) in [5.41, 5.74) is 0.442. The topological polar surface area (TPSA) is 12.0 Å². The van der Waals surface area contributed by atoms with Gasteiger partial charge in [0.1, 0.15) is 11.6 Å². The minimum Gasteiger partial charge on any atom is -0.311 e. The number of halogens is 2. The smallest absolute Gasteiger partial charge is 0.129 e. The number of hydrogen-bond acceptors (Lipinski definition) is 1. The zero-order valence-corrected chi connectivity index (χ0v) is 12.9. The molecule has 1 aliphatic carbocycles. The van der Waals surface area contributed by atoms with Gasteiger partial charge in [0.15, 0.2) is 0 Å². The summed E-state index contributed by atoms with van der Waals surface area (Å²) in [4.78, 5) is 0. The lowest BCUT2D eigenvalue weighted by Gasteiger charge is -2.38. The first-order chi connectivity index (χ1) is 9.24. The van der Waals surface area contributed by atoms with Crippen molar-refractivity contribution in [3.05, 3.63) is 35.4 Å². The monoisotopic (exact) mass is 281 g/mol. The van der Waals surface area contributed by atoms with Gasteiger partial charge < -0.3 is 5.32 Å². The molecular weight excluding hydrogens is 256 g/mol.